The highest BCUT2D eigenvalue weighted by Gasteiger charge is 2.15. The second kappa shape index (κ2) is 12.8. The molecule has 3 aromatic rings. The SMILES string of the molecule is O=C(O)Cc1cccc(OCCON=C(CN2CCCCC2)c2ccc(-c3ccccc3)cc2)c1F. The van der Waals surface area contributed by atoms with Gasteiger partial charge in [0, 0.05) is 17.7 Å². The Hall–Kier alpha value is -3.71. The molecule has 1 fully saturated rings. The highest BCUT2D eigenvalue weighted by Crippen LogP contribution is 2.22. The van der Waals surface area contributed by atoms with Crippen LogP contribution in [-0.2, 0) is 16.1 Å². The Morgan fingerprint density at radius 1 is 0.889 bits per heavy atom. The third-order valence-electron chi connectivity index (χ3n) is 6.14. The number of hydrogen-bond acceptors (Lipinski definition) is 5. The summed E-state index contributed by atoms with van der Waals surface area (Å²) in [5, 5.41) is 13.3. The van der Waals surface area contributed by atoms with Crippen LogP contribution in [0.3, 0.4) is 0 Å². The lowest BCUT2D eigenvalue weighted by molar-refractivity contribution is -0.136. The van der Waals surface area contributed by atoms with Crippen molar-refractivity contribution in [1.82, 2.24) is 4.90 Å². The molecule has 1 heterocycles. The Morgan fingerprint density at radius 3 is 2.33 bits per heavy atom. The predicted molar refractivity (Wildman–Crippen MR) is 138 cm³/mol. The maximum Gasteiger partial charge on any atom is 0.307 e. The molecule has 6 nitrogen and oxygen atoms in total. The number of rotatable bonds is 11. The van der Waals surface area contributed by atoms with Crippen molar-refractivity contribution in [3.63, 3.8) is 0 Å². The Balaban J connectivity index is 1.40. The van der Waals surface area contributed by atoms with Gasteiger partial charge in [-0.05, 0) is 43.1 Å². The van der Waals surface area contributed by atoms with E-state index in [9.17, 15) is 9.18 Å². The highest BCUT2D eigenvalue weighted by molar-refractivity contribution is 6.02. The normalized spacial score (nSPS) is 14.4. The lowest BCUT2D eigenvalue weighted by Gasteiger charge is -2.26. The van der Waals surface area contributed by atoms with E-state index in [0.717, 1.165) is 35.5 Å². The van der Waals surface area contributed by atoms with Gasteiger partial charge >= 0.3 is 5.97 Å². The van der Waals surface area contributed by atoms with Gasteiger partial charge in [0.15, 0.2) is 18.2 Å². The molecule has 1 aliphatic heterocycles. The van der Waals surface area contributed by atoms with Crippen LogP contribution in [0.15, 0.2) is 78.0 Å². The van der Waals surface area contributed by atoms with E-state index < -0.39 is 18.2 Å². The highest BCUT2D eigenvalue weighted by atomic mass is 19.1. The van der Waals surface area contributed by atoms with Gasteiger partial charge in [0.2, 0.25) is 0 Å². The molecule has 0 radical (unpaired) electrons. The number of benzene rings is 3. The first kappa shape index (κ1) is 25.4. The molecule has 0 aromatic heterocycles. The molecular weight excluding hydrogens is 459 g/mol. The van der Waals surface area contributed by atoms with Gasteiger partial charge < -0.3 is 14.7 Å². The number of halogens is 1. The number of hydrogen-bond donors (Lipinski definition) is 1. The Bertz CT molecular complexity index is 1160. The second-order valence-electron chi connectivity index (χ2n) is 8.80. The largest absolute Gasteiger partial charge is 0.487 e. The predicted octanol–water partition coefficient (Wildman–Crippen LogP) is 5.41. The maximum atomic E-state index is 14.4. The average molecular weight is 491 g/mol. The monoisotopic (exact) mass is 490 g/mol. The minimum Gasteiger partial charge on any atom is -0.487 e. The number of carboxylic acids is 1. The van der Waals surface area contributed by atoms with Crippen molar-refractivity contribution in [3.8, 4) is 16.9 Å². The van der Waals surface area contributed by atoms with Crippen LogP contribution >= 0.6 is 0 Å². The summed E-state index contributed by atoms with van der Waals surface area (Å²) in [4.78, 5) is 18.9. The first-order valence-corrected chi connectivity index (χ1v) is 12.3. The number of ether oxygens (including phenoxy) is 1. The van der Waals surface area contributed by atoms with Crippen molar-refractivity contribution >= 4 is 11.7 Å². The van der Waals surface area contributed by atoms with E-state index in [1.807, 2.05) is 18.2 Å². The summed E-state index contributed by atoms with van der Waals surface area (Å²) in [6.45, 7) is 2.98. The van der Waals surface area contributed by atoms with Crippen LogP contribution in [0.5, 0.6) is 5.75 Å². The number of aliphatic carboxylic acids is 1. The smallest absolute Gasteiger partial charge is 0.307 e. The lowest BCUT2D eigenvalue weighted by atomic mass is 10.0. The van der Waals surface area contributed by atoms with Gasteiger partial charge in [-0.2, -0.15) is 0 Å². The van der Waals surface area contributed by atoms with E-state index in [4.69, 9.17) is 14.7 Å². The van der Waals surface area contributed by atoms with Gasteiger partial charge in [-0.25, -0.2) is 4.39 Å². The van der Waals surface area contributed by atoms with E-state index >= 15 is 0 Å². The summed E-state index contributed by atoms with van der Waals surface area (Å²) in [7, 11) is 0. The van der Waals surface area contributed by atoms with Gasteiger partial charge in [0.05, 0.1) is 6.42 Å². The molecule has 1 aliphatic rings. The van der Waals surface area contributed by atoms with Crippen LogP contribution < -0.4 is 4.74 Å². The first-order valence-electron chi connectivity index (χ1n) is 12.3. The molecule has 0 unspecified atom stereocenters. The fraction of sp³-hybridized carbons (Fsp3) is 0.310. The number of likely N-dealkylation sites (tertiary alicyclic amines) is 1. The summed E-state index contributed by atoms with van der Waals surface area (Å²) in [6, 6.07) is 23.0. The molecule has 36 heavy (non-hydrogen) atoms. The molecule has 0 atom stereocenters. The molecule has 3 aromatic carbocycles. The van der Waals surface area contributed by atoms with E-state index in [1.54, 1.807) is 6.07 Å². The van der Waals surface area contributed by atoms with Crippen molar-refractivity contribution < 1.29 is 23.9 Å². The Kier molecular flexibility index (Phi) is 9.05. The molecule has 1 N–H and O–H groups in total. The molecule has 0 amide bonds. The zero-order valence-corrected chi connectivity index (χ0v) is 20.2. The number of nitrogens with zero attached hydrogens (tertiary/aromatic N) is 2. The minimum atomic E-state index is -1.10. The quantitative estimate of drug-likeness (QED) is 0.221. The van der Waals surface area contributed by atoms with Crippen molar-refractivity contribution in [3.05, 3.63) is 89.7 Å². The number of carboxylic acid groups (broad SMARTS) is 1. The summed E-state index contributed by atoms with van der Waals surface area (Å²) >= 11 is 0. The molecule has 0 aliphatic carbocycles. The number of piperidine rings is 1. The van der Waals surface area contributed by atoms with Crippen molar-refractivity contribution in [2.45, 2.75) is 25.7 Å². The Morgan fingerprint density at radius 2 is 1.61 bits per heavy atom. The van der Waals surface area contributed by atoms with Crippen LogP contribution in [0, 0.1) is 5.82 Å². The Labute approximate surface area is 211 Å². The topological polar surface area (TPSA) is 71.4 Å². The lowest BCUT2D eigenvalue weighted by Crippen LogP contribution is -2.35. The standard InChI is InChI=1S/C29H31FN2O4/c30-29-25(20-28(33)34)10-7-11-27(29)35-18-19-36-31-26(21-32-16-5-2-6-17-32)24-14-12-23(13-15-24)22-8-3-1-4-9-22/h1,3-4,7-15H,2,5-6,16-21H2,(H,33,34). The van der Waals surface area contributed by atoms with E-state index in [-0.39, 0.29) is 24.5 Å². The van der Waals surface area contributed by atoms with Crippen LogP contribution in [-0.4, -0.2) is 54.5 Å². The summed E-state index contributed by atoms with van der Waals surface area (Å²) < 4.78 is 19.9. The third-order valence-corrected chi connectivity index (χ3v) is 6.14. The van der Waals surface area contributed by atoms with E-state index in [0.29, 0.717) is 6.54 Å². The molecule has 0 bridgehead atoms. The molecular formula is C29H31FN2O4. The number of oxime groups is 1. The van der Waals surface area contributed by atoms with Crippen LogP contribution in [0.2, 0.25) is 0 Å². The molecule has 7 heteroatoms. The van der Waals surface area contributed by atoms with Crippen LogP contribution in [0.1, 0.15) is 30.4 Å². The van der Waals surface area contributed by atoms with Crippen molar-refractivity contribution in [1.29, 1.82) is 0 Å². The van der Waals surface area contributed by atoms with Crippen LogP contribution in [0.4, 0.5) is 4.39 Å². The third kappa shape index (κ3) is 7.15. The van der Waals surface area contributed by atoms with Crippen molar-refractivity contribution in [2.75, 3.05) is 32.8 Å². The molecule has 1 saturated heterocycles. The molecule has 4 rings (SSSR count). The van der Waals surface area contributed by atoms with Gasteiger partial charge in [-0.3, -0.25) is 9.69 Å². The van der Waals surface area contributed by atoms with Gasteiger partial charge in [-0.15, -0.1) is 0 Å². The first-order chi connectivity index (χ1) is 17.6. The van der Waals surface area contributed by atoms with Gasteiger partial charge in [0.25, 0.3) is 0 Å². The van der Waals surface area contributed by atoms with Crippen molar-refractivity contribution in [2.24, 2.45) is 5.16 Å². The fourth-order valence-corrected chi connectivity index (χ4v) is 4.27. The summed E-state index contributed by atoms with van der Waals surface area (Å²) in [6.07, 6.45) is 3.22. The summed E-state index contributed by atoms with van der Waals surface area (Å²) in [5.41, 5.74) is 4.21. The van der Waals surface area contributed by atoms with Gasteiger partial charge in [0.1, 0.15) is 12.3 Å². The molecule has 0 saturated carbocycles. The average Bonchev–Trinajstić information content (AvgIpc) is 2.91. The number of carbonyl (C=O) groups is 1. The molecule has 0 spiro atoms. The maximum absolute atomic E-state index is 14.4. The van der Waals surface area contributed by atoms with Crippen LogP contribution in [0.25, 0.3) is 11.1 Å². The van der Waals surface area contributed by atoms with E-state index in [1.165, 1.54) is 31.4 Å². The summed E-state index contributed by atoms with van der Waals surface area (Å²) in [5.74, 6) is -1.75. The minimum absolute atomic E-state index is 0.00590. The fourth-order valence-electron chi connectivity index (χ4n) is 4.27. The zero-order chi connectivity index (χ0) is 25.2. The van der Waals surface area contributed by atoms with E-state index in [2.05, 4.69) is 46.5 Å². The molecule has 188 valence electrons. The second-order valence-corrected chi connectivity index (χ2v) is 8.80. The van der Waals surface area contributed by atoms with Gasteiger partial charge in [-0.1, -0.05) is 78.3 Å². The zero-order valence-electron chi connectivity index (χ0n) is 20.2.